The van der Waals surface area contributed by atoms with Gasteiger partial charge in [-0.25, -0.2) is 0 Å². The summed E-state index contributed by atoms with van der Waals surface area (Å²) in [5.74, 6) is 0. The molecule has 0 saturated carbocycles. The lowest BCUT2D eigenvalue weighted by atomic mass is 10.7. The Morgan fingerprint density at radius 3 is 2.88 bits per heavy atom. The predicted molar refractivity (Wildman–Crippen MR) is 28.2 cm³/mol. The molecule has 0 N–H and O–H groups in total. The van der Waals surface area contributed by atoms with Gasteiger partial charge in [-0.3, -0.25) is 0 Å². The normalized spacial score (nSPS) is 8.50. The van der Waals surface area contributed by atoms with Crippen LogP contribution in [0.1, 0.15) is 0 Å². The minimum Gasteiger partial charge on any atom is -0.173 e. The van der Waals surface area contributed by atoms with E-state index in [2.05, 4.69) is 5.10 Å². The maximum absolute atomic E-state index is 8.14. The van der Waals surface area contributed by atoms with Crippen molar-refractivity contribution >= 4 is 11.6 Å². The van der Waals surface area contributed by atoms with Crippen molar-refractivity contribution in [1.29, 1.82) is 5.26 Å². The van der Waals surface area contributed by atoms with E-state index in [4.69, 9.17) is 16.9 Å². The molecule has 4 heteroatoms. The quantitative estimate of drug-likeness (QED) is 0.519. The molecule has 8 heavy (non-hydrogen) atoms. The first-order chi connectivity index (χ1) is 3.83. The van der Waals surface area contributed by atoms with Crippen LogP contribution in [0.15, 0.2) is 12.4 Å². The summed E-state index contributed by atoms with van der Waals surface area (Å²) in [6.07, 6.45) is 4.61. The molecule has 0 aliphatic carbocycles. The van der Waals surface area contributed by atoms with Crippen LogP contribution in [0.3, 0.4) is 0 Å². The van der Waals surface area contributed by atoms with E-state index >= 15 is 0 Å². The van der Waals surface area contributed by atoms with Crippen molar-refractivity contribution in [2.45, 2.75) is 0 Å². The maximum Gasteiger partial charge on any atom is 0.206 e. The van der Waals surface area contributed by atoms with Crippen LogP contribution in [0.5, 0.6) is 0 Å². The van der Waals surface area contributed by atoms with E-state index in [-0.39, 0.29) is 0 Å². The molecular weight excluding hydrogens is 126 g/mol. The molecule has 0 radical (unpaired) electrons. The molecule has 3 nitrogen and oxygen atoms in total. The fourth-order valence-corrected chi connectivity index (χ4v) is 0.492. The van der Waals surface area contributed by atoms with Crippen molar-refractivity contribution in [1.82, 2.24) is 9.78 Å². The van der Waals surface area contributed by atoms with E-state index < -0.39 is 0 Å². The molecule has 1 aromatic rings. The molecule has 0 bridgehead atoms. The third kappa shape index (κ3) is 0.796. The third-order valence-corrected chi connectivity index (χ3v) is 0.849. The second-order valence-electron chi connectivity index (χ2n) is 1.20. The molecule has 0 atom stereocenters. The van der Waals surface area contributed by atoms with Gasteiger partial charge in [0.1, 0.15) is 0 Å². The van der Waals surface area contributed by atoms with Crippen LogP contribution in [-0.4, -0.2) is 9.78 Å². The number of hydrogen-bond donors (Lipinski definition) is 0. The van der Waals surface area contributed by atoms with Crippen LogP contribution in [0, 0.1) is 11.5 Å². The van der Waals surface area contributed by atoms with Gasteiger partial charge >= 0.3 is 0 Å². The van der Waals surface area contributed by atoms with Gasteiger partial charge in [-0.1, -0.05) is 11.6 Å². The summed E-state index contributed by atoms with van der Waals surface area (Å²) in [6, 6.07) is 0. The van der Waals surface area contributed by atoms with Gasteiger partial charge in [0.15, 0.2) is 0 Å². The highest BCUT2D eigenvalue weighted by Crippen LogP contribution is 2.02. The molecule has 0 unspecified atom stereocenters. The largest absolute Gasteiger partial charge is 0.206 e. The summed E-state index contributed by atoms with van der Waals surface area (Å²) < 4.78 is 1.09. The first kappa shape index (κ1) is 5.13. The SMILES string of the molecule is N#Cn1cc(Cl)cn1. The second kappa shape index (κ2) is 1.85. The van der Waals surface area contributed by atoms with E-state index in [1.54, 1.807) is 6.19 Å². The van der Waals surface area contributed by atoms with E-state index in [1.165, 1.54) is 12.4 Å². The zero-order valence-electron chi connectivity index (χ0n) is 3.87. The van der Waals surface area contributed by atoms with Crippen molar-refractivity contribution in [3.05, 3.63) is 17.4 Å². The van der Waals surface area contributed by atoms with Crippen LogP contribution in [0.25, 0.3) is 0 Å². The number of nitriles is 1. The first-order valence-electron chi connectivity index (χ1n) is 1.93. The zero-order chi connectivity index (χ0) is 5.98. The van der Waals surface area contributed by atoms with Crippen LogP contribution < -0.4 is 0 Å². The van der Waals surface area contributed by atoms with Crippen molar-refractivity contribution < 1.29 is 0 Å². The van der Waals surface area contributed by atoms with Gasteiger partial charge in [0.05, 0.1) is 17.4 Å². The highest BCUT2D eigenvalue weighted by molar-refractivity contribution is 6.30. The van der Waals surface area contributed by atoms with Gasteiger partial charge in [0.2, 0.25) is 6.19 Å². The Labute approximate surface area is 51.1 Å². The average molecular weight is 128 g/mol. The van der Waals surface area contributed by atoms with E-state index in [1.807, 2.05) is 0 Å². The smallest absolute Gasteiger partial charge is 0.173 e. The van der Waals surface area contributed by atoms with Crippen LogP contribution in [0.2, 0.25) is 5.02 Å². The standard InChI is InChI=1S/C4H2ClN3/c5-4-1-7-8(2-4)3-6/h1-2H. The predicted octanol–water partition coefficient (Wildman–Crippen LogP) is 0.866. The fraction of sp³-hybridized carbons (Fsp3) is 0. The molecule has 1 heterocycles. The van der Waals surface area contributed by atoms with Gasteiger partial charge < -0.3 is 0 Å². The molecule has 1 rings (SSSR count). The van der Waals surface area contributed by atoms with Gasteiger partial charge in [-0.05, 0) is 0 Å². The summed E-state index contributed by atoms with van der Waals surface area (Å²) in [6.45, 7) is 0. The Bertz CT molecular complexity index is 221. The summed E-state index contributed by atoms with van der Waals surface area (Å²) in [7, 11) is 0. The third-order valence-electron chi connectivity index (χ3n) is 0.654. The number of nitrogens with zero attached hydrogens (tertiary/aromatic N) is 3. The van der Waals surface area contributed by atoms with Crippen LogP contribution >= 0.6 is 11.6 Å². The molecule has 0 saturated heterocycles. The van der Waals surface area contributed by atoms with Gasteiger partial charge in [0.25, 0.3) is 0 Å². The molecule has 40 valence electrons. The first-order valence-corrected chi connectivity index (χ1v) is 2.31. The summed E-state index contributed by atoms with van der Waals surface area (Å²) in [5, 5.41) is 12.2. The highest BCUT2D eigenvalue weighted by atomic mass is 35.5. The topological polar surface area (TPSA) is 41.6 Å². The summed E-state index contributed by atoms with van der Waals surface area (Å²) >= 11 is 5.40. The van der Waals surface area contributed by atoms with Crippen molar-refractivity contribution in [3.63, 3.8) is 0 Å². The lowest BCUT2D eigenvalue weighted by Gasteiger charge is -1.73. The molecule has 0 spiro atoms. The summed E-state index contributed by atoms with van der Waals surface area (Å²) in [4.78, 5) is 0. The Hall–Kier alpha value is -1.01. The van der Waals surface area contributed by atoms with Gasteiger partial charge in [-0.2, -0.15) is 15.0 Å². The number of halogens is 1. The monoisotopic (exact) mass is 127 g/mol. The number of rotatable bonds is 0. The van der Waals surface area contributed by atoms with Crippen molar-refractivity contribution in [3.8, 4) is 6.19 Å². The minimum atomic E-state index is 0.478. The fourth-order valence-electron chi connectivity index (χ4n) is 0.356. The second-order valence-corrected chi connectivity index (χ2v) is 1.64. The molecule has 1 aromatic heterocycles. The highest BCUT2D eigenvalue weighted by Gasteiger charge is 1.88. The van der Waals surface area contributed by atoms with E-state index in [0.29, 0.717) is 5.02 Å². The van der Waals surface area contributed by atoms with Crippen molar-refractivity contribution in [2.24, 2.45) is 0 Å². The van der Waals surface area contributed by atoms with Gasteiger partial charge in [0, 0.05) is 0 Å². The molecule has 0 aliphatic heterocycles. The Morgan fingerprint density at radius 1 is 1.88 bits per heavy atom. The average Bonchev–Trinajstić information content (AvgIpc) is 2.14. The molecule has 0 aliphatic rings. The van der Waals surface area contributed by atoms with Crippen LogP contribution in [-0.2, 0) is 0 Å². The lowest BCUT2D eigenvalue weighted by molar-refractivity contribution is 0.898. The Balaban J connectivity index is 3.05. The Morgan fingerprint density at radius 2 is 2.62 bits per heavy atom. The molecule has 0 fully saturated rings. The number of aromatic nitrogens is 2. The summed E-state index contributed by atoms with van der Waals surface area (Å²) in [5.41, 5.74) is 0. The van der Waals surface area contributed by atoms with E-state index in [0.717, 1.165) is 4.68 Å². The van der Waals surface area contributed by atoms with Crippen molar-refractivity contribution in [2.75, 3.05) is 0 Å². The molecular formula is C4H2ClN3. The van der Waals surface area contributed by atoms with Crippen LogP contribution in [0.4, 0.5) is 0 Å². The molecule has 0 aromatic carbocycles. The van der Waals surface area contributed by atoms with E-state index in [9.17, 15) is 0 Å². The lowest BCUT2D eigenvalue weighted by Crippen LogP contribution is -1.84. The Kier molecular flexibility index (Phi) is 1.18. The number of hydrogen-bond acceptors (Lipinski definition) is 2. The van der Waals surface area contributed by atoms with Gasteiger partial charge in [-0.15, -0.1) is 0 Å². The maximum atomic E-state index is 8.14. The zero-order valence-corrected chi connectivity index (χ0v) is 4.63. The minimum absolute atomic E-state index is 0.478. The molecule has 0 amide bonds.